The van der Waals surface area contributed by atoms with E-state index in [4.69, 9.17) is 0 Å². The van der Waals surface area contributed by atoms with Gasteiger partial charge in [-0.15, -0.1) is 0 Å². The molecule has 1 aliphatic carbocycles. The summed E-state index contributed by atoms with van der Waals surface area (Å²) in [5.74, 6) is -1.28. The van der Waals surface area contributed by atoms with Crippen molar-refractivity contribution in [3.63, 3.8) is 0 Å². The van der Waals surface area contributed by atoms with E-state index in [1.54, 1.807) is 0 Å². The summed E-state index contributed by atoms with van der Waals surface area (Å²) < 4.78 is 52.5. The Morgan fingerprint density at radius 3 is 2.11 bits per heavy atom. The molecule has 0 bridgehead atoms. The largest absolute Gasteiger partial charge is 0.313 e. The molecule has 4 atom stereocenters. The molecule has 0 radical (unpaired) electrons. The van der Waals surface area contributed by atoms with E-state index in [1.165, 1.54) is 0 Å². The van der Waals surface area contributed by atoms with Gasteiger partial charge in [0, 0.05) is 6.04 Å². The Bertz CT molecular complexity index is 254. The molecule has 1 saturated heterocycles. The van der Waals surface area contributed by atoms with E-state index < -0.39 is 24.7 Å². The van der Waals surface area contributed by atoms with Gasteiger partial charge < -0.3 is 5.32 Å². The summed E-state index contributed by atoms with van der Waals surface area (Å²) in [4.78, 5) is 0. The zero-order valence-corrected chi connectivity index (χ0v) is 10.6. The first-order valence-electron chi connectivity index (χ1n) is 6.78. The van der Waals surface area contributed by atoms with Gasteiger partial charge in [0.15, 0.2) is 0 Å². The molecule has 106 valence electrons. The molecule has 0 spiro atoms. The molecule has 1 nitrogen and oxygen atoms in total. The highest BCUT2D eigenvalue weighted by atomic mass is 19.3. The van der Waals surface area contributed by atoms with E-state index >= 15 is 0 Å². The molecule has 1 aliphatic heterocycles. The van der Waals surface area contributed by atoms with Crippen molar-refractivity contribution in [1.29, 1.82) is 0 Å². The lowest BCUT2D eigenvalue weighted by Gasteiger charge is -2.40. The van der Waals surface area contributed by atoms with Gasteiger partial charge >= 0.3 is 0 Å². The van der Waals surface area contributed by atoms with Crippen LogP contribution in [0.1, 0.15) is 32.6 Å². The Labute approximate surface area is 105 Å². The average molecular weight is 267 g/mol. The third-order valence-corrected chi connectivity index (χ3v) is 4.45. The van der Waals surface area contributed by atoms with E-state index in [-0.39, 0.29) is 24.8 Å². The Balaban J connectivity index is 1.93. The summed E-state index contributed by atoms with van der Waals surface area (Å²) in [6, 6.07) is 0.0938. The highest BCUT2D eigenvalue weighted by Crippen LogP contribution is 2.39. The first-order valence-corrected chi connectivity index (χ1v) is 6.78. The Kier molecular flexibility index (Phi) is 4.51. The summed E-state index contributed by atoms with van der Waals surface area (Å²) >= 11 is 0. The molecule has 1 heterocycles. The molecule has 5 heteroatoms. The van der Waals surface area contributed by atoms with Crippen molar-refractivity contribution in [3.8, 4) is 0 Å². The van der Waals surface area contributed by atoms with Crippen molar-refractivity contribution < 1.29 is 17.6 Å². The third-order valence-electron chi connectivity index (χ3n) is 4.45. The highest BCUT2D eigenvalue weighted by molar-refractivity contribution is 4.93. The third kappa shape index (κ3) is 2.98. The lowest BCUT2D eigenvalue weighted by molar-refractivity contribution is -0.0591. The molecule has 0 amide bonds. The van der Waals surface area contributed by atoms with Crippen LogP contribution in [0.3, 0.4) is 0 Å². The van der Waals surface area contributed by atoms with Crippen molar-refractivity contribution in [2.24, 2.45) is 17.8 Å². The van der Waals surface area contributed by atoms with Crippen molar-refractivity contribution in [1.82, 2.24) is 5.32 Å². The maximum Gasteiger partial charge on any atom is 0.247 e. The highest BCUT2D eigenvalue weighted by Gasteiger charge is 2.45. The van der Waals surface area contributed by atoms with Gasteiger partial charge in [-0.25, -0.2) is 17.6 Å². The number of halogens is 4. The number of hydrogen-bond donors (Lipinski definition) is 1. The first kappa shape index (κ1) is 14.1. The van der Waals surface area contributed by atoms with Gasteiger partial charge in [0.2, 0.25) is 6.43 Å². The number of hydrogen-bond acceptors (Lipinski definition) is 1. The summed E-state index contributed by atoms with van der Waals surface area (Å²) in [5.41, 5.74) is 0. The second-order valence-electron chi connectivity index (χ2n) is 5.87. The van der Waals surface area contributed by atoms with Crippen LogP contribution in [0, 0.1) is 17.8 Å². The number of piperidine rings is 1. The Hall–Kier alpha value is -0.320. The molecule has 2 rings (SSSR count). The van der Waals surface area contributed by atoms with Crippen LogP contribution in [-0.2, 0) is 0 Å². The van der Waals surface area contributed by atoms with E-state index in [0.717, 1.165) is 19.4 Å². The van der Waals surface area contributed by atoms with Crippen molar-refractivity contribution in [3.05, 3.63) is 0 Å². The second-order valence-corrected chi connectivity index (χ2v) is 5.87. The average Bonchev–Trinajstić information content (AvgIpc) is 2.28. The summed E-state index contributed by atoms with van der Waals surface area (Å²) in [7, 11) is 0. The Morgan fingerprint density at radius 1 is 1.06 bits per heavy atom. The summed E-state index contributed by atoms with van der Waals surface area (Å²) in [6.45, 7) is 2.99. The number of alkyl halides is 4. The normalized spacial score (nSPS) is 46.3. The van der Waals surface area contributed by atoms with Gasteiger partial charge in [-0.1, -0.05) is 6.92 Å². The standard InChI is InChI=1S/C13H21F4N/c1-7-2-3-11(18-6-7)8-4-9(14)12(13(16)17)10(15)5-8/h7-13,18H,2-6H2,1H3. The van der Waals surface area contributed by atoms with Crippen LogP contribution < -0.4 is 5.32 Å². The molecule has 1 saturated carbocycles. The van der Waals surface area contributed by atoms with E-state index in [2.05, 4.69) is 12.2 Å². The Morgan fingerprint density at radius 2 is 1.67 bits per heavy atom. The van der Waals surface area contributed by atoms with Crippen LogP contribution in [0.4, 0.5) is 17.6 Å². The molecule has 4 unspecified atom stereocenters. The van der Waals surface area contributed by atoms with Crippen LogP contribution in [0.5, 0.6) is 0 Å². The second kappa shape index (κ2) is 5.76. The molecule has 0 aromatic carbocycles. The van der Waals surface area contributed by atoms with E-state index in [9.17, 15) is 17.6 Å². The van der Waals surface area contributed by atoms with E-state index in [1.807, 2.05) is 0 Å². The van der Waals surface area contributed by atoms with Crippen LogP contribution in [-0.4, -0.2) is 31.4 Å². The van der Waals surface area contributed by atoms with Gasteiger partial charge in [-0.3, -0.25) is 0 Å². The van der Waals surface area contributed by atoms with Gasteiger partial charge in [0.05, 0.1) is 5.92 Å². The molecule has 1 N–H and O–H groups in total. The summed E-state index contributed by atoms with van der Waals surface area (Å²) in [5, 5.41) is 3.30. The van der Waals surface area contributed by atoms with Crippen LogP contribution in [0.15, 0.2) is 0 Å². The van der Waals surface area contributed by atoms with Gasteiger partial charge in [0.25, 0.3) is 0 Å². The number of rotatable bonds is 2. The summed E-state index contributed by atoms with van der Waals surface area (Å²) in [6.07, 6.45) is -4.23. The fraction of sp³-hybridized carbons (Fsp3) is 1.00. The fourth-order valence-electron chi connectivity index (χ4n) is 3.28. The molecule has 2 aliphatic rings. The maximum absolute atomic E-state index is 13.7. The minimum Gasteiger partial charge on any atom is -0.313 e. The lowest BCUT2D eigenvalue weighted by Crippen LogP contribution is -2.49. The molecule has 0 aromatic heterocycles. The van der Waals surface area contributed by atoms with Crippen molar-refractivity contribution >= 4 is 0 Å². The zero-order chi connectivity index (χ0) is 13.3. The van der Waals surface area contributed by atoms with Gasteiger partial charge in [-0.2, -0.15) is 0 Å². The fourth-order valence-corrected chi connectivity index (χ4v) is 3.28. The predicted octanol–water partition coefficient (Wildman–Crippen LogP) is 3.34. The monoisotopic (exact) mass is 267 g/mol. The van der Waals surface area contributed by atoms with E-state index in [0.29, 0.717) is 5.92 Å². The molecule has 18 heavy (non-hydrogen) atoms. The van der Waals surface area contributed by atoms with Crippen molar-refractivity contribution in [2.75, 3.05) is 6.54 Å². The molecule has 0 aromatic rings. The quantitative estimate of drug-likeness (QED) is 0.757. The predicted molar refractivity (Wildman–Crippen MR) is 62.2 cm³/mol. The SMILES string of the molecule is CC1CCC(C2CC(F)C(C(F)F)C(F)C2)NC1. The minimum atomic E-state index is -2.89. The van der Waals surface area contributed by atoms with Gasteiger partial charge in [-0.05, 0) is 44.1 Å². The smallest absolute Gasteiger partial charge is 0.247 e. The molecule has 2 fully saturated rings. The maximum atomic E-state index is 13.7. The van der Waals surface area contributed by atoms with Crippen molar-refractivity contribution in [2.45, 2.75) is 57.4 Å². The minimum absolute atomic E-state index is 0.0709. The molecular weight excluding hydrogens is 246 g/mol. The lowest BCUT2D eigenvalue weighted by atomic mass is 9.74. The number of nitrogens with one attached hydrogen (secondary N) is 1. The zero-order valence-electron chi connectivity index (χ0n) is 10.6. The molecular formula is C13H21F4N. The topological polar surface area (TPSA) is 12.0 Å². The first-order chi connectivity index (χ1) is 8.49. The van der Waals surface area contributed by atoms with Crippen LogP contribution in [0.25, 0.3) is 0 Å². The van der Waals surface area contributed by atoms with Crippen LogP contribution >= 0.6 is 0 Å². The van der Waals surface area contributed by atoms with Crippen LogP contribution in [0.2, 0.25) is 0 Å². The van der Waals surface area contributed by atoms with Gasteiger partial charge in [0.1, 0.15) is 12.3 Å².